The van der Waals surface area contributed by atoms with Crippen molar-refractivity contribution < 1.29 is 34.1 Å². The van der Waals surface area contributed by atoms with Crippen LogP contribution < -0.4 is 5.32 Å². The summed E-state index contributed by atoms with van der Waals surface area (Å²) in [4.78, 5) is 44.1. The van der Waals surface area contributed by atoms with Gasteiger partial charge in [0, 0.05) is 41.0 Å². The van der Waals surface area contributed by atoms with Gasteiger partial charge in [-0.2, -0.15) is 0 Å². The molecule has 0 aromatic carbocycles. The summed E-state index contributed by atoms with van der Waals surface area (Å²) in [5.74, 6) is -2.84. The van der Waals surface area contributed by atoms with Crippen LogP contribution in [0.15, 0.2) is 15.6 Å². The minimum atomic E-state index is -1.15. The van der Waals surface area contributed by atoms with E-state index in [1.807, 2.05) is 6.92 Å². The fraction of sp³-hybridized carbons (Fsp3) is 0.727. The number of ether oxygens (including phenoxy) is 2. The van der Waals surface area contributed by atoms with Crippen LogP contribution in [0.5, 0.6) is 0 Å². The Bertz CT molecular complexity index is 878. The van der Waals surface area contributed by atoms with E-state index in [1.54, 1.807) is 32.5 Å². The Morgan fingerprint density at radius 1 is 1.29 bits per heavy atom. The van der Waals surface area contributed by atoms with E-state index >= 15 is 0 Å². The second-order valence-corrected chi connectivity index (χ2v) is 12.1. The Labute approximate surface area is 207 Å². The van der Waals surface area contributed by atoms with E-state index in [4.69, 9.17) is 9.47 Å². The van der Waals surface area contributed by atoms with Crippen LogP contribution >= 0.6 is 23.5 Å². The summed E-state index contributed by atoms with van der Waals surface area (Å²) in [5, 5.41) is 24.0. The predicted molar refractivity (Wildman–Crippen MR) is 130 cm³/mol. The number of carbonyl (C=O) groups excluding carboxylic acids is 2. The maximum Gasteiger partial charge on any atom is 0.358 e. The van der Waals surface area contributed by atoms with E-state index in [2.05, 4.69) is 15.2 Å². The Morgan fingerprint density at radius 3 is 2.50 bits per heavy atom. The van der Waals surface area contributed by atoms with Gasteiger partial charge in [0.1, 0.15) is 11.6 Å². The van der Waals surface area contributed by atoms with Crippen molar-refractivity contribution in [2.24, 2.45) is 22.2 Å². The first kappa shape index (κ1) is 26.7. The number of nitrogens with one attached hydrogen (secondary N) is 1. The zero-order valence-electron chi connectivity index (χ0n) is 20.1. The van der Waals surface area contributed by atoms with Crippen molar-refractivity contribution in [1.29, 1.82) is 0 Å². The number of carbonyl (C=O) groups is 3. The second kappa shape index (κ2) is 10.8. The van der Waals surface area contributed by atoms with Gasteiger partial charge < -0.3 is 29.9 Å². The maximum absolute atomic E-state index is 12.9. The average Bonchev–Trinajstić information content (AvgIpc) is 3.32. The number of hydrogen-bond acceptors (Lipinski definition) is 11. The summed E-state index contributed by atoms with van der Waals surface area (Å²) in [7, 11) is 0. The number of amidine groups is 1. The normalized spacial score (nSPS) is 24.8. The number of rotatable bonds is 8. The molecule has 3 aliphatic heterocycles. The summed E-state index contributed by atoms with van der Waals surface area (Å²) in [6.07, 6.45) is -1.12. The lowest BCUT2D eigenvalue weighted by Crippen LogP contribution is -2.51. The number of esters is 2. The molecule has 1 fully saturated rings. The number of carboxylic acids is 1. The molecule has 34 heavy (non-hydrogen) atoms. The third kappa shape index (κ3) is 6.01. The first-order valence-corrected chi connectivity index (χ1v) is 13.1. The van der Waals surface area contributed by atoms with Gasteiger partial charge in [0.15, 0.2) is 5.17 Å². The van der Waals surface area contributed by atoms with Gasteiger partial charge in [0.2, 0.25) is 6.79 Å². The molecule has 3 heterocycles. The molecule has 0 spiro atoms. The van der Waals surface area contributed by atoms with Crippen molar-refractivity contribution in [2.75, 3.05) is 32.2 Å². The van der Waals surface area contributed by atoms with Gasteiger partial charge in [-0.25, -0.2) is 4.79 Å². The molecule has 0 radical (unpaired) electrons. The van der Waals surface area contributed by atoms with Crippen molar-refractivity contribution in [3.05, 3.63) is 10.6 Å². The van der Waals surface area contributed by atoms with Gasteiger partial charge in [0.25, 0.3) is 0 Å². The van der Waals surface area contributed by atoms with Crippen LogP contribution in [0.4, 0.5) is 0 Å². The molecule has 4 atom stereocenters. The van der Waals surface area contributed by atoms with Crippen LogP contribution in [0.1, 0.15) is 34.6 Å². The molecule has 1 saturated heterocycles. The number of hydrogen-bond donors (Lipinski definition) is 3. The first-order chi connectivity index (χ1) is 15.9. The smallest absolute Gasteiger partial charge is 0.358 e. The van der Waals surface area contributed by atoms with Crippen molar-refractivity contribution >= 4 is 46.6 Å². The van der Waals surface area contributed by atoms with E-state index in [1.165, 1.54) is 18.7 Å². The number of thioether (sulfide) groups is 2. The average molecular weight is 516 g/mol. The zero-order chi connectivity index (χ0) is 25.2. The molecule has 0 saturated carbocycles. The van der Waals surface area contributed by atoms with Gasteiger partial charge in [0.05, 0.1) is 18.1 Å². The summed E-state index contributed by atoms with van der Waals surface area (Å²) in [6, 6.07) is -0.689. The minimum Gasteiger partial charge on any atom is -0.481 e. The van der Waals surface area contributed by atoms with Gasteiger partial charge in [-0.05, 0) is 27.7 Å². The van der Waals surface area contributed by atoms with Gasteiger partial charge >= 0.3 is 17.9 Å². The molecule has 3 N–H and O–H groups in total. The van der Waals surface area contributed by atoms with Gasteiger partial charge in [-0.15, -0.1) is 11.8 Å². The molecular weight excluding hydrogens is 482 g/mol. The lowest BCUT2D eigenvalue weighted by atomic mass is 9.87. The van der Waals surface area contributed by atoms with Crippen LogP contribution in [0.25, 0.3) is 0 Å². The number of nitrogens with zero attached hydrogens (tertiary/aromatic N) is 2. The van der Waals surface area contributed by atoms with Crippen molar-refractivity contribution in [1.82, 2.24) is 10.2 Å². The largest absolute Gasteiger partial charge is 0.481 e. The monoisotopic (exact) mass is 515 g/mol. The fourth-order valence-corrected chi connectivity index (χ4v) is 6.30. The highest BCUT2D eigenvalue weighted by molar-refractivity contribution is 8.14. The van der Waals surface area contributed by atoms with Crippen LogP contribution in [-0.2, 0) is 23.9 Å². The Balaban J connectivity index is 1.71. The highest BCUT2D eigenvalue weighted by Gasteiger charge is 2.46. The molecule has 0 bridgehead atoms. The maximum atomic E-state index is 12.9. The topological polar surface area (TPSA) is 138 Å². The predicted octanol–water partition coefficient (Wildman–Crippen LogP) is 1.50. The van der Waals surface area contributed by atoms with E-state index < -0.39 is 48.2 Å². The lowest BCUT2D eigenvalue weighted by molar-refractivity contribution is -0.171. The number of aliphatic hydroxyl groups is 1. The molecule has 0 aromatic heterocycles. The summed E-state index contributed by atoms with van der Waals surface area (Å²) in [5.41, 5.74) is -0.575. The molecule has 0 amide bonds. The quantitative estimate of drug-likeness (QED) is 0.320. The third-order valence-corrected chi connectivity index (χ3v) is 8.37. The number of carboxylic acid groups (broad SMARTS) is 1. The molecular formula is C22H33N3O7S2. The van der Waals surface area contributed by atoms with Crippen LogP contribution in [0, 0.1) is 17.3 Å². The Hall–Kier alpha value is -1.92. The lowest BCUT2D eigenvalue weighted by Gasteiger charge is -2.40. The van der Waals surface area contributed by atoms with Crippen molar-refractivity contribution in [2.45, 2.75) is 52.0 Å². The van der Waals surface area contributed by atoms with Crippen LogP contribution in [-0.4, -0.2) is 87.8 Å². The van der Waals surface area contributed by atoms with Gasteiger partial charge in [-0.1, -0.05) is 18.7 Å². The number of aliphatic imine (C=N–C) groups is 1. The van der Waals surface area contributed by atoms with Crippen LogP contribution in [0.3, 0.4) is 0 Å². The number of likely N-dealkylation sites (tertiary alicyclic amines) is 1. The van der Waals surface area contributed by atoms with Crippen LogP contribution in [0.2, 0.25) is 0 Å². The number of aliphatic hydroxyl groups excluding tert-OH is 1. The molecule has 3 rings (SSSR count). The standard InChI is InChI=1S/C22H33N3O7S2/c1-11-15(14(12(2)26)18(27)28)24-16(19(29)31-10-32-20(30)22(3,4)5)17(11)34-13-8-25(9-13)21-23-6-7-33-21/h11-15,24,26H,6-10H2,1-5H3,(H,27,28)/t11-,12?,14-,15-/m1/s1. The van der Waals surface area contributed by atoms with E-state index in [0.29, 0.717) is 4.91 Å². The molecule has 0 aromatic rings. The minimum absolute atomic E-state index is 0.159. The first-order valence-electron chi connectivity index (χ1n) is 11.2. The SMILES string of the molecule is CC(O)[C@@H](C(=O)O)[C@@H]1NC(C(=O)OCOC(=O)C(C)(C)C)=C(SC2CN(C3=NCCS3)C2)[C@@H]1C. The highest BCUT2D eigenvalue weighted by Crippen LogP contribution is 2.43. The molecule has 1 unspecified atom stereocenters. The summed E-state index contributed by atoms with van der Waals surface area (Å²) < 4.78 is 10.2. The van der Waals surface area contributed by atoms with Crippen molar-refractivity contribution in [3.63, 3.8) is 0 Å². The van der Waals surface area contributed by atoms with E-state index in [-0.39, 0.29) is 16.9 Å². The number of aliphatic carboxylic acids is 1. The molecule has 10 nitrogen and oxygen atoms in total. The summed E-state index contributed by atoms with van der Waals surface area (Å²) >= 11 is 3.25. The van der Waals surface area contributed by atoms with Gasteiger partial charge in [-0.3, -0.25) is 14.6 Å². The molecule has 190 valence electrons. The Kier molecular flexibility index (Phi) is 8.46. The molecule has 12 heteroatoms. The fourth-order valence-electron chi connectivity index (χ4n) is 3.93. The highest BCUT2D eigenvalue weighted by atomic mass is 32.2. The van der Waals surface area contributed by atoms with E-state index in [9.17, 15) is 24.6 Å². The van der Waals surface area contributed by atoms with E-state index in [0.717, 1.165) is 30.6 Å². The van der Waals surface area contributed by atoms with Crippen molar-refractivity contribution in [3.8, 4) is 0 Å². The molecule has 0 aliphatic carbocycles. The third-order valence-electron chi connectivity index (χ3n) is 5.88. The summed E-state index contributed by atoms with van der Waals surface area (Å²) in [6.45, 7) is 10.2. The second-order valence-electron chi connectivity index (χ2n) is 9.69. The Morgan fingerprint density at radius 2 is 1.97 bits per heavy atom. The zero-order valence-corrected chi connectivity index (χ0v) is 21.7. The molecule has 3 aliphatic rings.